The molecule has 0 bridgehead atoms. The van der Waals surface area contributed by atoms with Crippen molar-refractivity contribution >= 4 is 9.84 Å². The SMILES string of the molecule is CC1(C)C(CC2CO2)CCS1(=O)=O. The van der Waals surface area contributed by atoms with E-state index in [4.69, 9.17) is 4.74 Å². The van der Waals surface area contributed by atoms with Crippen LogP contribution in [0.3, 0.4) is 0 Å². The van der Waals surface area contributed by atoms with Gasteiger partial charge in [0.2, 0.25) is 0 Å². The van der Waals surface area contributed by atoms with Crippen LogP contribution in [0.25, 0.3) is 0 Å². The quantitative estimate of drug-likeness (QED) is 0.630. The predicted molar refractivity (Wildman–Crippen MR) is 50.3 cm³/mol. The van der Waals surface area contributed by atoms with Crippen LogP contribution < -0.4 is 0 Å². The highest BCUT2D eigenvalue weighted by atomic mass is 32.2. The number of sulfone groups is 1. The van der Waals surface area contributed by atoms with Crippen molar-refractivity contribution in [1.82, 2.24) is 0 Å². The van der Waals surface area contributed by atoms with Gasteiger partial charge in [-0.3, -0.25) is 0 Å². The maximum atomic E-state index is 11.7. The molecule has 2 saturated heterocycles. The van der Waals surface area contributed by atoms with Crippen LogP contribution in [-0.2, 0) is 14.6 Å². The lowest BCUT2D eigenvalue weighted by atomic mass is 9.89. The summed E-state index contributed by atoms with van der Waals surface area (Å²) in [6.07, 6.45) is 2.08. The van der Waals surface area contributed by atoms with Crippen LogP contribution in [0, 0.1) is 5.92 Å². The van der Waals surface area contributed by atoms with Crippen LogP contribution in [0.5, 0.6) is 0 Å². The Labute approximate surface area is 79.4 Å². The Morgan fingerprint density at radius 1 is 1.46 bits per heavy atom. The largest absolute Gasteiger partial charge is 0.373 e. The fourth-order valence-corrected chi connectivity index (χ4v) is 3.93. The molecule has 2 unspecified atom stereocenters. The van der Waals surface area contributed by atoms with Gasteiger partial charge in [0, 0.05) is 0 Å². The van der Waals surface area contributed by atoms with Crippen LogP contribution in [-0.4, -0.2) is 31.6 Å². The lowest BCUT2D eigenvalue weighted by molar-refractivity contribution is 0.320. The molecule has 0 amide bonds. The smallest absolute Gasteiger partial charge is 0.155 e. The van der Waals surface area contributed by atoms with Crippen LogP contribution in [0.2, 0.25) is 0 Å². The van der Waals surface area contributed by atoms with Gasteiger partial charge in [-0.2, -0.15) is 0 Å². The molecule has 2 heterocycles. The Morgan fingerprint density at radius 2 is 2.08 bits per heavy atom. The van der Waals surface area contributed by atoms with E-state index in [1.807, 2.05) is 13.8 Å². The Kier molecular flexibility index (Phi) is 1.97. The summed E-state index contributed by atoms with van der Waals surface area (Å²) in [7, 11) is -2.85. The molecule has 2 rings (SSSR count). The highest BCUT2D eigenvalue weighted by Gasteiger charge is 2.48. The minimum atomic E-state index is -2.85. The second-order valence-electron chi connectivity index (χ2n) is 4.60. The third kappa shape index (κ3) is 1.50. The summed E-state index contributed by atoms with van der Waals surface area (Å²) in [6.45, 7) is 4.53. The number of hydrogen-bond acceptors (Lipinski definition) is 3. The van der Waals surface area contributed by atoms with E-state index in [1.165, 1.54) is 0 Å². The fraction of sp³-hybridized carbons (Fsp3) is 1.00. The van der Waals surface area contributed by atoms with Crippen molar-refractivity contribution in [3.05, 3.63) is 0 Å². The van der Waals surface area contributed by atoms with Crippen molar-refractivity contribution < 1.29 is 13.2 Å². The average Bonchev–Trinajstić information content (AvgIpc) is 2.76. The van der Waals surface area contributed by atoms with E-state index < -0.39 is 14.6 Å². The molecular formula is C9H16O3S. The molecular weight excluding hydrogens is 188 g/mol. The number of ether oxygens (including phenoxy) is 1. The van der Waals surface area contributed by atoms with Crippen molar-refractivity contribution in [3.63, 3.8) is 0 Å². The van der Waals surface area contributed by atoms with Crippen molar-refractivity contribution in [2.45, 2.75) is 37.5 Å². The first-order chi connectivity index (χ1) is 5.93. The first-order valence-electron chi connectivity index (χ1n) is 4.77. The standard InChI is InChI=1S/C9H16O3S/c1-9(2)7(5-8-6-12-8)3-4-13(9,10)11/h7-8H,3-6H2,1-2H3. The third-order valence-electron chi connectivity index (χ3n) is 3.47. The van der Waals surface area contributed by atoms with E-state index in [1.54, 1.807) is 0 Å². The van der Waals surface area contributed by atoms with Crippen molar-refractivity contribution in [2.75, 3.05) is 12.4 Å². The van der Waals surface area contributed by atoms with Gasteiger partial charge in [0.05, 0.1) is 23.2 Å². The van der Waals surface area contributed by atoms with Gasteiger partial charge in [-0.05, 0) is 32.6 Å². The molecule has 0 aliphatic carbocycles. The first-order valence-corrected chi connectivity index (χ1v) is 6.42. The summed E-state index contributed by atoms with van der Waals surface area (Å²) >= 11 is 0. The summed E-state index contributed by atoms with van der Waals surface area (Å²) in [4.78, 5) is 0. The van der Waals surface area contributed by atoms with Gasteiger partial charge >= 0.3 is 0 Å². The van der Waals surface area contributed by atoms with Gasteiger partial charge in [-0.1, -0.05) is 0 Å². The van der Waals surface area contributed by atoms with E-state index >= 15 is 0 Å². The minimum Gasteiger partial charge on any atom is -0.373 e. The van der Waals surface area contributed by atoms with E-state index in [-0.39, 0.29) is 0 Å². The highest BCUT2D eigenvalue weighted by molar-refractivity contribution is 7.93. The minimum absolute atomic E-state index is 0.296. The van der Waals surface area contributed by atoms with Crippen molar-refractivity contribution in [2.24, 2.45) is 5.92 Å². The summed E-state index contributed by atoms with van der Waals surface area (Å²) in [5.74, 6) is 0.655. The molecule has 2 atom stereocenters. The molecule has 2 aliphatic heterocycles. The molecule has 13 heavy (non-hydrogen) atoms. The van der Waals surface area contributed by atoms with Crippen LogP contribution >= 0.6 is 0 Å². The highest BCUT2D eigenvalue weighted by Crippen LogP contribution is 2.41. The lowest BCUT2D eigenvalue weighted by Gasteiger charge is -2.24. The molecule has 0 N–H and O–H groups in total. The van der Waals surface area contributed by atoms with Crippen LogP contribution in [0.4, 0.5) is 0 Å². The molecule has 2 aliphatic rings. The maximum Gasteiger partial charge on any atom is 0.155 e. The predicted octanol–water partition coefficient (Wildman–Crippen LogP) is 0.989. The van der Waals surface area contributed by atoms with Gasteiger partial charge < -0.3 is 4.74 Å². The number of epoxide rings is 1. The topological polar surface area (TPSA) is 46.7 Å². The van der Waals surface area contributed by atoms with E-state index in [0.717, 1.165) is 19.4 Å². The molecule has 0 spiro atoms. The van der Waals surface area contributed by atoms with Gasteiger partial charge in [-0.25, -0.2) is 8.42 Å². The fourth-order valence-electron chi connectivity index (χ4n) is 2.09. The second-order valence-corrected chi connectivity index (χ2v) is 7.29. The molecule has 0 radical (unpaired) electrons. The van der Waals surface area contributed by atoms with E-state index in [2.05, 4.69) is 0 Å². The lowest BCUT2D eigenvalue weighted by Crippen LogP contribution is -2.34. The van der Waals surface area contributed by atoms with Gasteiger partial charge in [0.25, 0.3) is 0 Å². The van der Waals surface area contributed by atoms with Gasteiger partial charge in [-0.15, -0.1) is 0 Å². The molecule has 0 aromatic heterocycles. The summed E-state index contributed by atoms with van der Waals surface area (Å²) in [6, 6.07) is 0. The first kappa shape index (κ1) is 9.46. The molecule has 0 saturated carbocycles. The molecule has 0 aromatic rings. The Morgan fingerprint density at radius 3 is 2.46 bits per heavy atom. The molecule has 0 aromatic carbocycles. The average molecular weight is 204 g/mol. The maximum absolute atomic E-state index is 11.7. The summed E-state index contributed by atoms with van der Waals surface area (Å²) in [5, 5.41) is 0. The Hall–Kier alpha value is -0.0900. The zero-order valence-electron chi connectivity index (χ0n) is 8.12. The van der Waals surface area contributed by atoms with Crippen LogP contribution in [0.15, 0.2) is 0 Å². The molecule has 2 fully saturated rings. The Bertz CT molecular complexity index is 301. The Balaban J connectivity index is 2.13. The zero-order chi connectivity index (χ0) is 9.69. The van der Waals surface area contributed by atoms with E-state index in [9.17, 15) is 8.42 Å². The molecule has 4 heteroatoms. The third-order valence-corrected chi connectivity index (χ3v) is 6.18. The van der Waals surface area contributed by atoms with Crippen molar-refractivity contribution in [3.8, 4) is 0 Å². The number of hydrogen-bond donors (Lipinski definition) is 0. The second kappa shape index (κ2) is 2.70. The molecule has 76 valence electrons. The van der Waals surface area contributed by atoms with Crippen molar-refractivity contribution in [1.29, 1.82) is 0 Å². The van der Waals surface area contributed by atoms with Gasteiger partial charge in [0.15, 0.2) is 9.84 Å². The monoisotopic (exact) mass is 204 g/mol. The zero-order valence-corrected chi connectivity index (χ0v) is 8.93. The number of rotatable bonds is 2. The summed E-state index contributed by atoms with van der Waals surface area (Å²) < 4.78 is 27.9. The molecule has 3 nitrogen and oxygen atoms in total. The summed E-state index contributed by atoms with van der Waals surface area (Å²) in [5.41, 5.74) is 0. The normalized spacial score (nSPS) is 40.5. The van der Waals surface area contributed by atoms with Gasteiger partial charge in [0.1, 0.15) is 0 Å². The van der Waals surface area contributed by atoms with E-state index in [0.29, 0.717) is 17.8 Å². The van der Waals surface area contributed by atoms with Crippen LogP contribution in [0.1, 0.15) is 26.7 Å².